The van der Waals surface area contributed by atoms with Gasteiger partial charge in [0.2, 0.25) is 0 Å². The molecule has 0 atom stereocenters. The molecule has 1 saturated heterocycles. The van der Waals surface area contributed by atoms with E-state index < -0.39 is 0 Å². The number of hydrogen-bond donors (Lipinski definition) is 1. The zero-order chi connectivity index (χ0) is 24.7. The molecule has 6 rings (SSSR count). The van der Waals surface area contributed by atoms with E-state index in [1.807, 2.05) is 23.1 Å². The first-order chi connectivity index (χ1) is 17.5. The van der Waals surface area contributed by atoms with Crippen LogP contribution in [0.3, 0.4) is 0 Å². The number of piperazine rings is 1. The van der Waals surface area contributed by atoms with E-state index in [9.17, 15) is 4.79 Å². The summed E-state index contributed by atoms with van der Waals surface area (Å²) in [5.74, 6) is 1.41. The van der Waals surface area contributed by atoms with Crippen molar-refractivity contribution in [1.29, 1.82) is 0 Å². The summed E-state index contributed by atoms with van der Waals surface area (Å²) in [6, 6.07) is 13.2. The maximum atomic E-state index is 13.3. The zero-order valence-corrected chi connectivity index (χ0v) is 21.6. The fourth-order valence-electron chi connectivity index (χ4n) is 6.47. The largest absolute Gasteiger partial charge is 0.486 e. The molecule has 7 heteroatoms. The second kappa shape index (κ2) is 9.51. The molecule has 1 aliphatic carbocycles. The number of rotatable bonds is 3. The maximum absolute atomic E-state index is 13.3. The fourth-order valence-corrected chi connectivity index (χ4v) is 6.47. The van der Waals surface area contributed by atoms with Gasteiger partial charge < -0.3 is 24.6 Å². The molecule has 0 unspecified atom stereocenters. The molecule has 3 aliphatic heterocycles. The summed E-state index contributed by atoms with van der Waals surface area (Å²) < 4.78 is 11.3. The lowest BCUT2D eigenvalue weighted by Crippen LogP contribution is -2.50. The fraction of sp³-hybridized carbons (Fsp3) is 0.552. The monoisotopic (exact) mass is 490 g/mol. The first-order valence-corrected chi connectivity index (χ1v) is 13.5. The van der Waals surface area contributed by atoms with Gasteiger partial charge in [-0.1, -0.05) is 32.8 Å². The SMILES string of the molecule is CC1(C)CN(C(=O)Nc2ccc3c(c2)OCCO3)Cc2cc(N3CCN(C4CCCC4)CC3)ccc21. The van der Waals surface area contributed by atoms with Crippen LogP contribution in [0.4, 0.5) is 16.2 Å². The van der Waals surface area contributed by atoms with E-state index in [2.05, 4.69) is 47.2 Å². The van der Waals surface area contributed by atoms with Crippen LogP contribution in [0.5, 0.6) is 11.5 Å². The Labute approximate surface area is 214 Å². The van der Waals surface area contributed by atoms with Gasteiger partial charge in [-0.15, -0.1) is 0 Å². The van der Waals surface area contributed by atoms with Crippen LogP contribution in [-0.2, 0) is 12.0 Å². The molecule has 4 aliphatic rings. The summed E-state index contributed by atoms with van der Waals surface area (Å²) in [5, 5.41) is 3.08. The normalized spacial score (nSPS) is 21.8. The predicted octanol–water partition coefficient (Wildman–Crippen LogP) is 4.85. The van der Waals surface area contributed by atoms with Crippen LogP contribution >= 0.6 is 0 Å². The number of fused-ring (bicyclic) bond motifs is 2. The molecule has 3 heterocycles. The van der Waals surface area contributed by atoms with Gasteiger partial charge in [-0.3, -0.25) is 4.90 Å². The van der Waals surface area contributed by atoms with Crippen molar-refractivity contribution in [3.05, 3.63) is 47.5 Å². The number of hydrogen-bond acceptors (Lipinski definition) is 5. The molecule has 0 bridgehead atoms. The maximum Gasteiger partial charge on any atom is 0.322 e. The van der Waals surface area contributed by atoms with E-state index in [4.69, 9.17) is 9.47 Å². The third-order valence-corrected chi connectivity index (χ3v) is 8.37. The van der Waals surface area contributed by atoms with Crippen molar-refractivity contribution in [2.75, 3.05) is 56.2 Å². The van der Waals surface area contributed by atoms with Crippen LogP contribution in [0.25, 0.3) is 0 Å². The third kappa shape index (κ3) is 4.61. The van der Waals surface area contributed by atoms with Crippen LogP contribution in [0, 0.1) is 0 Å². The second-order valence-electron chi connectivity index (χ2n) is 11.3. The van der Waals surface area contributed by atoms with Gasteiger partial charge in [-0.2, -0.15) is 0 Å². The average molecular weight is 491 g/mol. The number of urea groups is 1. The van der Waals surface area contributed by atoms with E-state index in [0.717, 1.165) is 43.7 Å². The second-order valence-corrected chi connectivity index (χ2v) is 11.3. The molecule has 0 radical (unpaired) electrons. The van der Waals surface area contributed by atoms with Crippen LogP contribution in [0.2, 0.25) is 0 Å². The highest BCUT2D eigenvalue weighted by Gasteiger charge is 2.35. The molecule has 36 heavy (non-hydrogen) atoms. The van der Waals surface area contributed by atoms with E-state index in [1.54, 1.807) is 0 Å². The van der Waals surface area contributed by atoms with E-state index >= 15 is 0 Å². The highest BCUT2D eigenvalue weighted by molar-refractivity contribution is 5.90. The van der Waals surface area contributed by atoms with Crippen molar-refractivity contribution in [3.8, 4) is 11.5 Å². The Kier molecular flexibility index (Phi) is 6.20. The molecule has 2 aromatic carbocycles. The minimum absolute atomic E-state index is 0.0824. The predicted molar refractivity (Wildman–Crippen MR) is 142 cm³/mol. The van der Waals surface area contributed by atoms with Gasteiger partial charge in [0, 0.05) is 68.2 Å². The Morgan fingerprint density at radius 2 is 1.69 bits per heavy atom. The van der Waals surface area contributed by atoms with E-state index in [-0.39, 0.29) is 11.4 Å². The number of nitrogens with zero attached hydrogens (tertiary/aromatic N) is 3. The summed E-state index contributed by atoms with van der Waals surface area (Å²) in [4.78, 5) is 20.5. The van der Waals surface area contributed by atoms with Crippen molar-refractivity contribution >= 4 is 17.4 Å². The summed E-state index contributed by atoms with van der Waals surface area (Å²) in [6.07, 6.45) is 5.53. The lowest BCUT2D eigenvalue weighted by Gasteiger charge is -2.42. The van der Waals surface area contributed by atoms with Crippen molar-refractivity contribution in [1.82, 2.24) is 9.80 Å². The molecular weight excluding hydrogens is 452 g/mol. The Bertz CT molecular complexity index is 1120. The minimum atomic E-state index is -0.114. The van der Waals surface area contributed by atoms with E-state index in [1.165, 1.54) is 42.5 Å². The number of benzene rings is 2. The summed E-state index contributed by atoms with van der Waals surface area (Å²) in [7, 11) is 0. The van der Waals surface area contributed by atoms with Gasteiger partial charge in [-0.05, 0) is 48.2 Å². The molecule has 1 saturated carbocycles. The highest BCUT2D eigenvalue weighted by atomic mass is 16.6. The van der Waals surface area contributed by atoms with Gasteiger partial charge in [0.1, 0.15) is 13.2 Å². The van der Waals surface area contributed by atoms with Crippen molar-refractivity contribution in [2.45, 2.75) is 57.5 Å². The molecule has 192 valence electrons. The molecule has 0 spiro atoms. The lowest BCUT2D eigenvalue weighted by molar-refractivity contribution is 0.171. The zero-order valence-electron chi connectivity index (χ0n) is 21.6. The standard InChI is InChI=1S/C29H38N4O3/c1-29(2)20-33(28(34)30-22-7-10-26-27(18-22)36-16-15-35-26)19-21-17-24(8-9-25(21)29)32-13-11-31(12-14-32)23-5-3-4-6-23/h7-10,17-18,23H,3-6,11-16,19-20H2,1-2H3,(H,30,34). The van der Waals surface area contributed by atoms with E-state index in [0.29, 0.717) is 32.1 Å². The number of amides is 2. The molecular formula is C29H38N4O3. The number of anilines is 2. The first-order valence-electron chi connectivity index (χ1n) is 13.5. The smallest absolute Gasteiger partial charge is 0.322 e. The topological polar surface area (TPSA) is 57.3 Å². The Morgan fingerprint density at radius 1 is 0.944 bits per heavy atom. The van der Waals surface area contributed by atoms with Gasteiger partial charge >= 0.3 is 6.03 Å². The number of nitrogens with one attached hydrogen (secondary N) is 1. The van der Waals surface area contributed by atoms with Gasteiger partial charge in [0.15, 0.2) is 11.5 Å². The summed E-state index contributed by atoms with van der Waals surface area (Å²) >= 11 is 0. The molecule has 7 nitrogen and oxygen atoms in total. The van der Waals surface area contributed by atoms with Crippen LogP contribution in [0.1, 0.15) is 50.7 Å². The van der Waals surface area contributed by atoms with Crippen molar-refractivity contribution < 1.29 is 14.3 Å². The molecule has 2 amide bonds. The molecule has 2 aromatic rings. The van der Waals surface area contributed by atoms with Crippen molar-refractivity contribution in [3.63, 3.8) is 0 Å². The van der Waals surface area contributed by atoms with Crippen LogP contribution < -0.4 is 19.7 Å². The highest BCUT2D eigenvalue weighted by Crippen LogP contribution is 2.37. The first kappa shape index (κ1) is 23.5. The number of carbonyl (C=O) groups is 1. The Morgan fingerprint density at radius 3 is 2.47 bits per heavy atom. The minimum Gasteiger partial charge on any atom is -0.486 e. The van der Waals surface area contributed by atoms with Gasteiger partial charge in [0.05, 0.1) is 0 Å². The quantitative estimate of drug-likeness (QED) is 0.667. The number of ether oxygens (including phenoxy) is 2. The Balaban J connectivity index is 1.15. The van der Waals surface area contributed by atoms with Gasteiger partial charge in [0.25, 0.3) is 0 Å². The summed E-state index contributed by atoms with van der Waals surface area (Å²) in [6.45, 7) is 11.3. The lowest BCUT2D eigenvalue weighted by atomic mass is 9.78. The summed E-state index contributed by atoms with van der Waals surface area (Å²) in [5.41, 5.74) is 4.49. The van der Waals surface area contributed by atoms with Crippen LogP contribution in [0.15, 0.2) is 36.4 Å². The third-order valence-electron chi connectivity index (χ3n) is 8.37. The van der Waals surface area contributed by atoms with Crippen molar-refractivity contribution in [2.24, 2.45) is 0 Å². The number of carbonyl (C=O) groups excluding carboxylic acids is 1. The molecule has 0 aromatic heterocycles. The molecule has 1 N–H and O–H groups in total. The average Bonchev–Trinajstić information content (AvgIpc) is 3.43. The Hall–Kier alpha value is -2.93. The molecule has 2 fully saturated rings. The van der Waals surface area contributed by atoms with Crippen LogP contribution in [-0.4, -0.2) is 67.8 Å². The van der Waals surface area contributed by atoms with Gasteiger partial charge in [-0.25, -0.2) is 4.79 Å².